The van der Waals surface area contributed by atoms with Crippen molar-refractivity contribution in [1.82, 2.24) is 10.2 Å². The van der Waals surface area contributed by atoms with E-state index in [4.69, 9.17) is 4.74 Å². The summed E-state index contributed by atoms with van der Waals surface area (Å²) in [5, 5.41) is 2.70. The first-order chi connectivity index (χ1) is 8.81. The van der Waals surface area contributed by atoms with E-state index in [2.05, 4.69) is 22.3 Å². The highest BCUT2D eigenvalue weighted by molar-refractivity contribution is 5.74. The molecule has 0 atom stereocenters. The van der Waals surface area contributed by atoms with Crippen molar-refractivity contribution >= 4 is 11.7 Å². The highest BCUT2D eigenvalue weighted by Gasteiger charge is 2.20. The summed E-state index contributed by atoms with van der Waals surface area (Å²) in [7, 11) is 1.56. The first-order valence-corrected chi connectivity index (χ1v) is 6.13. The van der Waals surface area contributed by atoms with Crippen LogP contribution in [-0.2, 0) is 4.74 Å². The van der Waals surface area contributed by atoms with Gasteiger partial charge >= 0.3 is 6.03 Å². The second-order valence-corrected chi connectivity index (χ2v) is 4.22. The average molecular weight is 249 g/mol. The van der Waals surface area contributed by atoms with Crippen LogP contribution in [0.25, 0.3) is 0 Å². The van der Waals surface area contributed by atoms with Crippen LogP contribution in [0.2, 0.25) is 0 Å². The molecule has 1 aliphatic rings. The van der Waals surface area contributed by atoms with Crippen LogP contribution < -0.4 is 10.2 Å². The number of hydrogen-bond acceptors (Lipinski definition) is 3. The Kier molecular flexibility index (Phi) is 4.41. The van der Waals surface area contributed by atoms with Crippen LogP contribution in [0.15, 0.2) is 30.3 Å². The molecule has 0 spiro atoms. The van der Waals surface area contributed by atoms with Crippen molar-refractivity contribution in [3.8, 4) is 0 Å². The maximum atomic E-state index is 11.7. The third-order valence-corrected chi connectivity index (χ3v) is 3.06. The fourth-order valence-corrected chi connectivity index (χ4v) is 2.05. The number of ether oxygens (including phenoxy) is 1. The first kappa shape index (κ1) is 12.7. The summed E-state index contributed by atoms with van der Waals surface area (Å²) >= 11 is 0. The fourth-order valence-electron chi connectivity index (χ4n) is 2.05. The number of carbonyl (C=O) groups excluding carboxylic acids is 1. The molecular weight excluding hydrogens is 230 g/mol. The monoisotopic (exact) mass is 249 g/mol. The zero-order valence-electron chi connectivity index (χ0n) is 10.6. The predicted molar refractivity (Wildman–Crippen MR) is 70.6 cm³/mol. The summed E-state index contributed by atoms with van der Waals surface area (Å²) in [4.78, 5) is 15.8. The third-order valence-electron chi connectivity index (χ3n) is 3.06. The summed E-state index contributed by atoms with van der Waals surface area (Å²) in [5.74, 6) is 0. The molecule has 0 saturated carbocycles. The Morgan fingerprint density at radius 1 is 1.22 bits per heavy atom. The second kappa shape index (κ2) is 6.26. The van der Waals surface area contributed by atoms with Gasteiger partial charge in [0.05, 0.1) is 0 Å². The van der Waals surface area contributed by atoms with Crippen molar-refractivity contribution in [2.45, 2.75) is 0 Å². The summed E-state index contributed by atoms with van der Waals surface area (Å²) < 4.78 is 4.82. The van der Waals surface area contributed by atoms with Crippen LogP contribution in [-0.4, -0.2) is 51.0 Å². The molecule has 5 heteroatoms. The van der Waals surface area contributed by atoms with Gasteiger partial charge < -0.3 is 19.9 Å². The molecule has 2 amide bonds. The molecule has 5 nitrogen and oxygen atoms in total. The lowest BCUT2D eigenvalue weighted by atomic mass is 10.2. The van der Waals surface area contributed by atoms with Crippen molar-refractivity contribution in [2.24, 2.45) is 0 Å². The summed E-state index contributed by atoms with van der Waals surface area (Å²) in [6, 6.07) is 10.2. The normalized spacial score (nSPS) is 15.6. The molecule has 0 aliphatic carbocycles. The molecule has 0 unspecified atom stereocenters. The largest absolute Gasteiger partial charge is 0.368 e. The van der Waals surface area contributed by atoms with Crippen molar-refractivity contribution in [1.29, 1.82) is 0 Å². The number of nitrogens with zero attached hydrogens (tertiary/aromatic N) is 2. The van der Waals surface area contributed by atoms with Crippen molar-refractivity contribution in [3.05, 3.63) is 30.3 Å². The number of rotatable bonds is 3. The molecule has 0 radical (unpaired) electrons. The zero-order valence-corrected chi connectivity index (χ0v) is 10.6. The Labute approximate surface area is 107 Å². The Morgan fingerprint density at radius 2 is 1.89 bits per heavy atom. The molecule has 1 aromatic carbocycles. The third kappa shape index (κ3) is 3.13. The topological polar surface area (TPSA) is 44.8 Å². The summed E-state index contributed by atoms with van der Waals surface area (Å²) in [6.45, 7) is 3.47. The van der Waals surface area contributed by atoms with E-state index in [-0.39, 0.29) is 12.8 Å². The zero-order chi connectivity index (χ0) is 12.8. The number of anilines is 1. The number of piperazine rings is 1. The number of urea groups is 1. The van der Waals surface area contributed by atoms with E-state index in [1.54, 1.807) is 7.11 Å². The second-order valence-electron chi connectivity index (χ2n) is 4.22. The summed E-state index contributed by atoms with van der Waals surface area (Å²) in [6.07, 6.45) is 0. The number of benzene rings is 1. The van der Waals surface area contributed by atoms with Gasteiger partial charge in [-0.05, 0) is 12.1 Å². The van der Waals surface area contributed by atoms with Crippen molar-refractivity contribution in [3.63, 3.8) is 0 Å². The van der Waals surface area contributed by atoms with Gasteiger partial charge in [-0.2, -0.15) is 0 Å². The summed E-state index contributed by atoms with van der Waals surface area (Å²) in [5.41, 5.74) is 1.22. The van der Waals surface area contributed by atoms with Gasteiger partial charge in [-0.1, -0.05) is 18.2 Å². The molecule has 1 N–H and O–H groups in total. The standard InChI is InChI=1S/C13H19N3O2/c1-18-11-14-13(17)16-9-7-15(8-10-16)12-5-3-2-4-6-12/h2-6H,7-11H2,1H3,(H,14,17). The van der Waals surface area contributed by atoms with E-state index in [1.165, 1.54) is 5.69 Å². The molecule has 0 aromatic heterocycles. The number of amides is 2. The van der Waals surface area contributed by atoms with Gasteiger partial charge in [-0.15, -0.1) is 0 Å². The maximum absolute atomic E-state index is 11.7. The Hall–Kier alpha value is -1.75. The Bertz CT molecular complexity index is 375. The lowest BCUT2D eigenvalue weighted by Crippen LogP contribution is -2.52. The van der Waals surface area contributed by atoms with Gasteiger partial charge in [0.1, 0.15) is 6.73 Å². The first-order valence-electron chi connectivity index (χ1n) is 6.13. The number of nitrogens with one attached hydrogen (secondary N) is 1. The number of carbonyl (C=O) groups is 1. The lowest BCUT2D eigenvalue weighted by molar-refractivity contribution is 0.152. The average Bonchev–Trinajstić information content (AvgIpc) is 2.46. The van der Waals surface area contributed by atoms with Crippen molar-refractivity contribution < 1.29 is 9.53 Å². The fraction of sp³-hybridized carbons (Fsp3) is 0.462. The van der Waals surface area contributed by atoms with Crippen LogP contribution >= 0.6 is 0 Å². The van der Waals surface area contributed by atoms with Gasteiger partial charge in [0, 0.05) is 39.0 Å². The SMILES string of the molecule is COCNC(=O)N1CCN(c2ccccc2)CC1. The van der Waals surface area contributed by atoms with Crippen LogP contribution in [0.5, 0.6) is 0 Å². The van der Waals surface area contributed by atoms with Crippen LogP contribution in [0.3, 0.4) is 0 Å². The van der Waals surface area contributed by atoms with E-state index in [0.29, 0.717) is 0 Å². The molecule has 18 heavy (non-hydrogen) atoms. The Morgan fingerprint density at radius 3 is 2.50 bits per heavy atom. The molecule has 1 aromatic rings. The molecule has 1 heterocycles. The van der Waals surface area contributed by atoms with Gasteiger partial charge in [0.15, 0.2) is 0 Å². The molecule has 2 rings (SSSR count). The Balaban J connectivity index is 1.83. The smallest absolute Gasteiger partial charge is 0.319 e. The number of hydrogen-bond donors (Lipinski definition) is 1. The quantitative estimate of drug-likeness (QED) is 0.817. The van der Waals surface area contributed by atoms with E-state index >= 15 is 0 Å². The predicted octanol–water partition coefficient (Wildman–Crippen LogP) is 1.12. The minimum absolute atomic E-state index is 0.0513. The highest BCUT2D eigenvalue weighted by Crippen LogP contribution is 2.15. The maximum Gasteiger partial charge on any atom is 0.319 e. The van der Waals surface area contributed by atoms with E-state index < -0.39 is 0 Å². The van der Waals surface area contributed by atoms with Gasteiger partial charge in [0.25, 0.3) is 0 Å². The molecule has 0 bridgehead atoms. The van der Waals surface area contributed by atoms with Crippen molar-refractivity contribution in [2.75, 3.05) is 44.9 Å². The van der Waals surface area contributed by atoms with Crippen LogP contribution in [0, 0.1) is 0 Å². The molecular formula is C13H19N3O2. The molecule has 98 valence electrons. The van der Waals surface area contributed by atoms with E-state index in [0.717, 1.165) is 26.2 Å². The number of methoxy groups -OCH3 is 1. The molecule has 1 aliphatic heterocycles. The van der Waals surface area contributed by atoms with Gasteiger partial charge in [0.2, 0.25) is 0 Å². The molecule has 1 fully saturated rings. The highest BCUT2D eigenvalue weighted by atomic mass is 16.5. The van der Waals surface area contributed by atoms with E-state index in [1.807, 2.05) is 23.1 Å². The lowest BCUT2D eigenvalue weighted by Gasteiger charge is -2.36. The molecule has 1 saturated heterocycles. The van der Waals surface area contributed by atoms with E-state index in [9.17, 15) is 4.79 Å². The van der Waals surface area contributed by atoms with Crippen LogP contribution in [0.1, 0.15) is 0 Å². The minimum atomic E-state index is -0.0513. The minimum Gasteiger partial charge on any atom is -0.368 e. The van der Waals surface area contributed by atoms with Gasteiger partial charge in [-0.3, -0.25) is 0 Å². The van der Waals surface area contributed by atoms with Gasteiger partial charge in [-0.25, -0.2) is 4.79 Å². The number of para-hydroxylation sites is 1. The van der Waals surface area contributed by atoms with Crippen LogP contribution in [0.4, 0.5) is 10.5 Å².